The average Bonchev–Trinajstić information content (AvgIpc) is 2.49. The van der Waals surface area contributed by atoms with Gasteiger partial charge in [-0.3, -0.25) is 14.3 Å². The molecule has 0 bridgehead atoms. The molecule has 0 aliphatic rings. The summed E-state index contributed by atoms with van der Waals surface area (Å²) < 4.78 is 33.2. The summed E-state index contributed by atoms with van der Waals surface area (Å²) in [6.45, 7) is 4.84. The van der Waals surface area contributed by atoms with Gasteiger partial charge in [-0.05, 0) is 26.0 Å². The quantitative estimate of drug-likeness (QED) is 0.793. The third-order valence-electron chi connectivity index (χ3n) is 3.45. The number of alkyl halides is 2. The molecule has 0 aliphatic heterocycles. The molecule has 0 aliphatic carbocycles. The molecule has 23 heavy (non-hydrogen) atoms. The van der Waals surface area contributed by atoms with Crippen LogP contribution >= 0.6 is 0 Å². The predicted molar refractivity (Wildman–Crippen MR) is 81.6 cm³/mol. The van der Waals surface area contributed by atoms with Crippen LogP contribution in [0.2, 0.25) is 0 Å². The van der Waals surface area contributed by atoms with Crippen LogP contribution in [0.4, 0.5) is 8.78 Å². The van der Waals surface area contributed by atoms with E-state index in [4.69, 9.17) is 4.74 Å². The molecule has 0 unspecified atom stereocenters. The van der Waals surface area contributed by atoms with Crippen molar-refractivity contribution in [3.05, 3.63) is 39.7 Å². The van der Waals surface area contributed by atoms with Gasteiger partial charge in [-0.15, -0.1) is 0 Å². The zero-order valence-corrected chi connectivity index (χ0v) is 13.2. The Kier molecular flexibility index (Phi) is 4.77. The molecule has 0 fully saturated rings. The Morgan fingerprint density at radius 3 is 2.61 bits per heavy atom. The summed E-state index contributed by atoms with van der Waals surface area (Å²) in [4.78, 5) is 24.0. The van der Waals surface area contributed by atoms with Crippen LogP contribution in [-0.2, 0) is 28.4 Å². The van der Waals surface area contributed by atoms with E-state index < -0.39 is 17.3 Å². The van der Waals surface area contributed by atoms with Gasteiger partial charge >= 0.3 is 5.97 Å². The van der Waals surface area contributed by atoms with Gasteiger partial charge in [0.2, 0.25) is 5.43 Å². The topological polar surface area (TPSA) is 61.2 Å². The van der Waals surface area contributed by atoms with Crippen LogP contribution in [0.25, 0.3) is 10.9 Å². The van der Waals surface area contributed by atoms with Gasteiger partial charge < -0.3 is 4.74 Å². The fourth-order valence-electron chi connectivity index (χ4n) is 2.32. The predicted octanol–water partition coefficient (Wildman–Crippen LogP) is 2.63. The molecule has 0 amide bonds. The van der Waals surface area contributed by atoms with Crippen LogP contribution in [0.5, 0.6) is 0 Å². The molecule has 2 aromatic rings. The number of ether oxygens (including phenoxy) is 1. The number of halogens is 2. The Bertz CT molecular complexity index is 794. The highest BCUT2D eigenvalue weighted by molar-refractivity contribution is 5.81. The molecule has 5 nitrogen and oxygen atoms in total. The molecule has 2 rings (SSSR count). The van der Waals surface area contributed by atoms with Gasteiger partial charge in [-0.1, -0.05) is 6.07 Å². The third-order valence-corrected chi connectivity index (χ3v) is 3.45. The summed E-state index contributed by atoms with van der Waals surface area (Å²) in [5, 5.41) is 4.38. The molecule has 0 N–H and O–H groups in total. The first kappa shape index (κ1) is 17.1. The van der Waals surface area contributed by atoms with Crippen molar-refractivity contribution in [2.24, 2.45) is 0 Å². The molecule has 0 radical (unpaired) electrons. The van der Waals surface area contributed by atoms with Crippen molar-refractivity contribution >= 4 is 16.9 Å². The number of benzene rings is 1. The van der Waals surface area contributed by atoms with E-state index >= 15 is 0 Å². The lowest BCUT2D eigenvalue weighted by Crippen LogP contribution is -2.23. The zero-order valence-electron chi connectivity index (χ0n) is 13.2. The summed E-state index contributed by atoms with van der Waals surface area (Å²) in [5.74, 6) is -3.55. The maximum atomic E-state index is 13.5. The Labute approximate surface area is 131 Å². The summed E-state index contributed by atoms with van der Waals surface area (Å²) in [6, 6.07) is 3.84. The zero-order chi connectivity index (χ0) is 17.2. The number of esters is 1. The van der Waals surface area contributed by atoms with Crippen molar-refractivity contribution in [2.75, 3.05) is 6.61 Å². The highest BCUT2D eigenvalue weighted by atomic mass is 19.3. The number of aryl methyl sites for hydroxylation is 1. The highest BCUT2D eigenvalue weighted by Crippen LogP contribution is 2.28. The van der Waals surface area contributed by atoms with Crippen molar-refractivity contribution in [1.29, 1.82) is 0 Å². The molecule has 7 heteroatoms. The lowest BCUT2D eigenvalue weighted by molar-refractivity contribution is -0.142. The molecule has 0 spiro atoms. The second kappa shape index (κ2) is 6.44. The van der Waals surface area contributed by atoms with Crippen molar-refractivity contribution < 1.29 is 18.3 Å². The van der Waals surface area contributed by atoms with Crippen molar-refractivity contribution in [3.63, 3.8) is 0 Å². The smallest absolute Gasteiger partial charge is 0.312 e. The second-order valence-electron chi connectivity index (χ2n) is 5.19. The molecule has 0 saturated heterocycles. The first-order chi connectivity index (χ1) is 10.8. The Morgan fingerprint density at radius 1 is 1.35 bits per heavy atom. The third kappa shape index (κ3) is 3.55. The average molecular weight is 324 g/mol. The van der Waals surface area contributed by atoms with E-state index in [9.17, 15) is 18.4 Å². The molecule has 0 saturated carbocycles. The van der Waals surface area contributed by atoms with Crippen molar-refractivity contribution in [1.82, 2.24) is 9.78 Å². The maximum absolute atomic E-state index is 13.5. The van der Waals surface area contributed by atoms with Gasteiger partial charge in [0.25, 0.3) is 5.92 Å². The summed E-state index contributed by atoms with van der Waals surface area (Å²) in [6.07, 6.45) is -0.242. The van der Waals surface area contributed by atoms with Gasteiger partial charge in [0.05, 0.1) is 18.5 Å². The maximum Gasteiger partial charge on any atom is 0.312 e. The van der Waals surface area contributed by atoms with Crippen LogP contribution < -0.4 is 5.43 Å². The number of carbonyl (C=O) groups excluding carboxylic acids is 1. The van der Waals surface area contributed by atoms with E-state index in [0.717, 1.165) is 6.92 Å². The van der Waals surface area contributed by atoms with Gasteiger partial charge in [0.15, 0.2) is 0 Å². The first-order valence-corrected chi connectivity index (χ1v) is 7.35. The first-order valence-electron chi connectivity index (χ1n) is 7.35. The van der Waals surface area contributed by atoms with E-state index in [1.54, 1.807) is 13.8 Å². The molecule has 0 atom stereocenters. The number of aromatic nitrogens is 2. The highest BCUT2D eigenvalue weighted by Gasteiger charge is 2.25. The summed E-state index contributed by atoms with van der Waals surface area (Å²) >= 11 is 0. The summed E-state index contributed by atoms with van der Waals surface area (Å²) in [7, 11) is 0. The van der Waals surface area contributed by atoms with Crippen LogP contribution in [0, 0.1) is 0 Å². The summed E-state index contributed by atoms with van der Waals surface area (Å²) in [5.41, 5.74) is -0.256. The second-order valence-corrected chi connectivity index (χ2v) is 5.19. The van der Waals surface area contributed by atoms with Crippen molar-refractivity contribution in [2.45, 2.75) is 39.7 Å². The minimum absolute atomic E-state index is 0.0498. The van der Waals surface area contributed by atoms with Gasteiger partial charge in [-0.2, -0.15) is 5.10 Å². The number of carbonyl (C=O) groups is 1. The van der Waals surface area contributed by atoms with Crippen LogP contribution in [0.15, 0.2) is 23.0 Å². The number of hydrogen-bond acceptors (Lipinski definition) is 4. The van der Waals surface area contributed by atoms with Crippen LogP contribution in [0.1, 0.15) is 32.0 Å². The fraction of sp³-hybridized carbons (Fsp3) is 0.438. The fourth-order valence-corrected chi connectivity index (χ4v) is 2.32. The molecule has 1 heterocycles. The largest absolute Gasteiger partial charge is 0.466 e. The molecule has 1 aromatic carbocycles. The van der Waals surface area contributed by atoms with E-state index in [0.29, 0.717) is 12.1 Å². The normalized spacial score (nSPS) is 11.7. The number of nitrogens with zero attached hydrogens (tertiary/aromatic N) is 2. The molecular formula is C16H18F2N2O3. The molecular weight excluding hydrogens is 306 g/mol. The molecule has 1 aromatic heterocycles. The van der Waals surface area contributed by atoms with Crippen LogP contribution in [0.3, 0.4) is 0 Å². The lowest BCUT2D eigenvalue weighted by Gasteiger charge is -2.14. The minimum atomic E-state index is -3.01. The number of hydrogen-bond donors (Lipinski definition) is 0. The van der Waals surface area contributed by atoms with Gasteiger partial charge in [0, 0.05) is 24.4 Å². The van der Waals surface area contributed by atoms with E-state index in [1.807, 2.05) is 0 Å². The van der Waals surface area contributed by atoms with Gasteiger partial charge in [-0.25, -0.2) is 8.78 Å². The number of fused-ring (bicyclic) bond motifs is 1. The number of rotatable bonds is 5. The molecule has 124 valence electrons. The van der Waals surface area contributed by atoms with E-state index in [2.05, 4.69) is 5.10 Å². The SMILES string of the molecule is CCOC(=O)Cc1nn(CC)c2cc(C(C)(F)F)ccc2c1=O. The Hall–Kier alpha value is -2.31. The standard InChI is InChI=1S/C16H18F2N2O3/c1-4-20-13-8-10(16(3,17)18)6-7-11(13)15(22)12(19-20)9-14(21)23-5-2/h6-8H,4-5,9H2,1-3H3. The lowest BCUT2D eigenvalue weighted by atomic mass is 10.1. The minimum Gasteiger partial charge on any atom is -0.466 e. The van der Waals surface area contributed by atoms with Gasteiger partial charge in [0.1, 0.15) is 5.69 Å². The monoisotopic (exact) mass is 324 g/mol. The van der Waals surface area contributed by atoms with E-state index in [1.165, 1.54) is 22.9 Å². The Morgan fingerprint density at radius 2 is 2.04 bits per heavy atom. The Balaban J connectivity index is 2.61. The van der Waals surface area contributed by atoms with Crippen LogP contribution in [-0.4, -0.2) is 22.4 Å². The van der Waals surface area contributed by atoms with E-state index in [-0.39, 0.29) is 29.7 Å². The van der Waals surface area contributed by atoms with Crippen molar-refractivity contribution in [3.8, 4) is 0 Å².